The van der Waals surface area contributed by atoms with Crippen LogP contribution in [0.2, 0.25) is 0 Å². The topological polar surface area (TPSA) is 57.7 Å². The highest BCUT2D eigenvalue weighted by Gasteiger charge is 2.45. The van der Waals surface area contributed by atoms with Crippen molar-refractivity contribution in [1.29, 1.82) is 0 Å². The lowest BCUT2D eigenvalue weighted by Gasteiger charge is -2.43. The van der Waals surface area contributed by atoms with E-state index in [2.05, 4.69) is 0 Å². The molecule has 0 aliphatic carbocycles. The first-order chi connectivity index (χ1) is 13.2. The van der Waals surface area contributed by atoms with Crippen LogP contribution in [0.25, 0.3) is 5.57 Å². The van der Waals surface area contributed by atoms with Gasteiger partial charge in [-0.25, -0.2) is 0 Å². The number of imide groups is 1. The summed E-state index contributed by atoms with van der Waals surface area (Å²) in [4.78, 5) is 42.0. The molecular formula is C23H22N2O3. The number of carbonyl (C=O) groups is 3. The Labute approximate surface area is 164 Å². The smallest absolute Gasteiger partial charge is 0.262 e. The number of para-hydroxylation sites is 1. The van der Waals surface area contributed by atoms with Crippen LogP contribution in [0.15, 0.2) is 54.6 Å². The van der Waals surface area contributed by atoms with Crippen molar-refractivity contribution in [2.24, 2.45) is 0 Å². The second-order valence-corrected chi connectivity index (χ2v) is 7.87. The van der Waals surface area contributed by atoms with Gasteiger partial charge in [-0.1, -0.05) is 36.4 Å². The SMILES string of the molecule is CC1=CC(C)(C)N(C(=O)[C@H](C)N2C(=O)c3ccccc3C2=O)c2ccccc21. The van der Waals surface area contributed by atoms with Gasteiger partial charge < -0.3 is 4.90 Å². The highest BCUT2D eigenvalue weighted by Crippen LogP contribution is 2.39. The van der Waals surface area contributed by atoms with E-state index >= 15 is 0 Å². The Bertz CT molecular complexity index is 1020. The number of nitrogens with zero attached hydrogens (tertiary/aromatic N) is 2. The van der Waals surface area contributed by atoms with E-state index in [1.54, 1.807) is 36.1 Å². The van der Waals surface area contributed by atoms with Crippen LogP contribution in [-0.2, 0) is 4.79 Å². The highest BCUT2D eigenvalue weighted by molar-refractivity contribution is 6.23. The van der Waals surface area contributed by atoms with Gasteiger partial charge in [-0.2, -0.15) is 0 Å². The Hall–Kier alpha value is -3.21. The summed E-state index contributed by atoms with van der Waals surface area (Å²) in [6, 6.07) is 13.5. The number of fused-ring (bicyclic) bond motifs is 2. The molecule has 0 saturated carbocycles. The van der Waals surface area contributed by atoms with E-state index in [0.29, 0.717) is 11.1 Å². The second-order valence-electron chi connectivity index (χ2n) is 7.87. The Kier molecular flexibility index (Phi) is 4.00. The summed E-state index contributed by atoms with van der Waals surface area (Å²) in [6.07, 6.45) is 2.04. The third kappa shape index (κ3) is 2.50. The molecule has 2 aliphatic heterocycles. The zero-order valence-corrected chi connectivity index (χ0v) is 16.4. The maximum absolute atomic E-state index is 13.6. The van der Waals surface area contributed by atoms with Crippen molar-refractivity contribution >= 4 is 29.0 Å². The van der Waals surface area contributed by atoms with Crippen LogP contribution in [0, 0.1) is 0 Å². The molecule has 2 heterocycles. The molecule has 1 atom stereocenters. The fraction of sp³-hybridized carbons (Fsp3) is 0.261. The monoisotopic (exact) mass is 374 g/mol. The minimum absolute atomic E-state index is 0.282. The van der Waals surface area contributed by atoms with Gasteiger partial charge in [0.2, 0.25) is 0 Å². The zero-order chi connectivity index (χ0) is 20.2. The number of allylic oxidation sites excluding steroid dienone is 1. The second kappa shape index (κ2) is 6.16. The average Bonchev–Trinajstić information content (AvgIpc) is 2.91. The zero-order valence-electron chi connectivity index (χ0n) is 16.4. The number of hydrogen-bond donors (Lipinski definition) is 0. The number of carbonyl (C=O) groups excluding carboxylic acids is 3. The molecule has 2 aliphatic rings. The van der Waals surface area contributed by atoms with Gasteiger partial charge in [-0.05, 0) is 51.5 Å². The summed E-state index contributed by atoms with van der Waals surface area (Å²) in [5, 5.41) is 0. The largest absolute Gasteiger partial charge is 0.301 e. The van der Waals surface area contributed by atoms with E-state index in [4.69, 9.17) is 0 Å². The summed E-state index contributed by atoms with van der Waals surface area (Å²) in [5.41, 5.74) is 2.98. The normalized spacial score (nSPS) is 18.5. The number of hydrogen-bond acceptors (Lipinski definition) is 3. The van der Waals surface area contributed by atoms with E-state index in [1.165, 1.54) is 0 Å². The first-order valence-electron chi connectivity index (χ1n) is 9.34. The molecule has 2 aromatic carbocycles. The molecule has 0 aromatic heterocycles. The van der Waals surface area contributed by atoms with E-state index in [1.807, 2.05) is 51.1 Å². The van der Waals surface area contributed by atoms with Crippen LogP contribution in [0.1, 0.15) is 54.0 Å². The van der Waals surface area contributed by atoms with Crippen molar-refractivity contribution < 1.29 is 14.4 Å². The number of amides is 3. The van der Waals surface area contributed by atoms with Crippen LogP contribution in [-0.4, -0.2) is 34.2 Å². The van der Waals surface area contributed by atoms with Crippen LogP contribution in [0.3, 0.4) is 0 Å². The van der Waals surface area contributed by atoms with Crippen molar-refractivity contribution in [3.63, 3.8) is 0 Å². The molecule has 0 spiro atoms. The van der Waals surface area contributed by atoms with Crippen molar-refractivity contribution in [2.75, 3.05) is 4.90 Å². The van der Waals surface area contributed by atoms with E-state index in [-0.39, 0.29) is 5.91 Å². The molecule has 2 aromatic rings. The standard InChI is InChI=1S/C23H22N2O3/c1-14-13-23(3,4)25(19-12-8-7-9-16(14)19)20(26)15(2)24-21(27)17-10-5-6-11-18(17)22(24)28/h5-13,15H,1-4H3/t15-/m0/s1. The number of rotatable bonds is 2. The summed E-state index contributed by atoms with van der Waals surface area (Å²) in [5.74, 6) is -1.12. The molecule has 0 radical (unpaired) electrons. The lowest BCUT2D eigenvalue weighted by atomic mass is 9.88. The third-order valence-electron chi connectivity index (χ3n) is 5.51. The Morgan fingerprint density at radius 1 is 0.893 bits per heavy atom. The number of anilines is 1. The summed E-state index contributed by atoms with van der Waals surface area (Å²) in [6.45, 7) is 7.56. The van der Waals surface area contributed by atoms with Gasteiger partial charge >= 0.3 is 0 Å². The van der Waals surface area contributed by atoms with Crippen molar-refractivity contribution in [1.82, 2.24) is 4.90 Å². The molecule has 0 fully saturated rings. The first kappa shape index (κ1) is 18.2. The molecule has 0 N–H and O–H groups in total. The summed E-state index contributed by atoms with van der Waals surface area (Å²) >= 11 is 0. The molecule has 4 rings (SSSR count). The minimum atomic E-state index is -0.911. The van der Waals surface area contributed by atoms with Crippen molar-refractivity contribution in [2.45, 2.75) is 39.3 Å². The van der Waals surface area contributed by atoms with Gasteiger partial charge in [0, 0.05) is 5.56 Å². The Morgan fingerprint density at radius 3 is 1.96 bits per heavy atom. The minimum Gasteiger partial charge on any atom is -0.301 e. The van der Waals surface area contributed by atoms with Crippen LogP contribution in [0.5, 0.6) is 0 Å². The van der Waals surface area contributed by atoms with Crippen molar-refractivity contribution in [3.8, 4) is 0 Å². The maximum atomic E-state index is 13.6. The molecule has 5 nitrogen and oxygen atoms in total. The lowest BCUT2D eigenvalue weighted by Crippen LogP contribution is -2.56. The Morgan fingerprint density at radius 2 is 1.39 bits per heavy atom. The fourth-order valence-electron chi connectivity index (χ4n) is 4.24. The van der Waals surface area contributed by atoms with Crippen LogP contribution in [0.4, 0.5) is 5.69 Å². The molecule has 0 unspecified atom stereocenters. The van der Waals surface area contributed by atoms with Gasteiger partial charge in [0.15, 0.2) is 0 Å². The third-order valence-corrected chi connectivity index (χ3v) is 5.51. The van der Waals surface area contributed by atoms with Crippen LogP contribution >= 0.6 is 0 Å². The summed E-state index contributed by atoms with van der Waals surface area (Å²) < 4.78 is 0. The fourth-order valence-corrected chi connectivity index (χ4v) is 4.24. The maximum Gasteiger partial charge on any atom is 0.262 e. The predicted molar refractivity (Wildman–Crippen MR) is 108 cm³/mol. The van der Waals surface area contributed by atoms with E-state index in [0.717, 1.165) is 21.7 Å². The molecule has 5 heteroatoms. The van der Waals surface area contributed by atoms with Gasteiger partial charge in [-0.15, -0.1) is 0 Å². The Balaban J connectivity index is 1.74. The quantitative estimate of drug-likeness (QED) is 0.749. The van der Waals surface area contributed by atoms with Gasteiger partial charge in [0.05, 0.1) is 22.4 Å². The first-order valence-corrected chi connectivity index (χ1v) is 9.34. The van der Waals surface area contributed by atoms with Crippen molar-refractivity contribution in [3.05, 3.63) is 71.3 Å². The molecule has 0 saturated heterocycles. The average molecular weight is 374 g/mol. The lowest BCUT2D eigenvalue weighted by molar-refractivity contribution is -0.122. The van der Waals surface area contributed by atoms with E-state index in [9.17, 15) is 14.4 Å². The predicted octanol–water partition coefficient (Wildman–Crippen LogP) is 3.90. The van der Waals surface area contributed by atoms with E-state index < -0.39 is 23.4 Å². The van der Waals surface area contributed by atoms with Gasteiger partial charge in [0.25, 0.3) is 17.7 Å². The molecule has 3 amide bonds. The molecular weight excluding hydrogens is 352 g/mol. The summed E-state index contributed by atoms with van der Waals surface area (Å²) in [7, 11) is 0. The van der Waals surface area contributed by atoms with Crippen LogP contribution < -0.4 is 4.90 Å². The molecule has 28 heavy (non-hydrogen) atoms. The number of benzene rings is 2. The van der Waals surface area contributed by atoms with Gasteiger partial charge in [0.1, 0.15) is 6.04 Å². The molecule has 0 bridgehead atoms. The highest BCUT2D eigenvalue weighted by atomic mass is 16.2. The van der Waals surface area contributed by atoms with Gasteiger partial charge in [-0.3, -0.25) is 19.3 Å². The molecule has 142 valence electrons.